The Morgan fingerprint density at radius 3 is 2.37 bits per heavy atom. The van der Waals surface area contributed by atoms with Crippen LogP contribution in [-0.4, -0.2) is 40.1 Å². The van der Waals surface area contributed by atoms with Gasteiger partial charge in [0.25, 0.3) is 11.8 Å². The SMILES string of the molecule is COc1ccc(CN2C(=O)NC(=O)/C(=C\c3ccc(O)c(O)c3)C2=O)cc1. The summed E-state index contributed by atoms with van der Waals surface area (Å²) < 4.78 is 5.07. The number of aromatic hydroxyl groups is 2. The highest BCUT2D eigenvalue weighted by atomic mass is 16.5. The van der Waals surface area contributed by atoms with Crippen LogP contribution in [0.2, 0.25) is 0 Å². The Bertz CT molecular complexity index is 949. The van der Waals surface area contributed by atoms with Gasteiger partial charge in [-0.3, -0.25) is 19.8 Å². The smallest absolute Gasteiger partial charge is 0.331 e. The molecule has 0 bridgehead atoms. The van der Waals surface area contributed by atoms with Gasteiger partial charge in [-0.05, 0) is 41.5 Å². The zero-order valence-corrected chi connectivity index (χ0v) is 14.3. The number of hydrogen-bond acceptors (Lipinski definition) is 6. The minimum atomic E-state index is -0.830. The highest BCUT2D eigenvalue weighted by Crippen LogP contribution is 2.26. The van der Waals surface area contributed by atoms with E-state index in [-0.39, 0.29) is 23.6 Å². The molecular weight excluding hydrogens is 352 g/mol. The average molecular weight is 368 g/mol. The van der Waals surface area contributed by atoms with Crippen LogP contribution in [0, 0.1) is 0 Å². The molecule has 138 valence electrons. The zero-order chi connectivity index (χ0) is 19.6. The van der Waals surface area contributed by atoms with Crippen LogP contribution in [0.25, 0.3) is 6.08 Å². The van der Waals surface area contributed by atoms with Crippen molar-refractivity contribution in [3.05, 3.63) is 59.2 Å². The maximum Gasteiger partial charge on any atom is 0.331 e. The van der Waals surface area contributed by atoms with Crippen molar-refractivity contribution in [3.8, 4) is 17.2 Å². The molecule has 0 spiro atoms. The van der Waals surface area contributed by atoms with Crippen molar-refractivity contribution >= 4 is 23.9 Å². The van der Waals surface area contributed by atoms with Gasteiger partial charge < -0.3 is 14.9 Å². The van der Waals surface area contributed by atoms with Crippen molar-refractivity contribution in [1.82, 2.24) is 10.2 Å². The Hall–Kier alpha value is -3.81. The summed E-state index contributed by atoms with van der Waals surface area (Å²) >= 11 is 0. The number of nitrogens with one attached hydrogen (secondary N) is 1. The summed E-state index contributed by atoms with van der Waals surface area (Å²) in [6.45, 7) is -0.0277. The lowest BCUT2D eigenvalue weighted by Gasteiger charge is -2.26. The van der Waals surface area contributed by atoms with Gasteiger partial charge in [-0.2, -0.15) is 0 Å². The molecule has 1 aliphatic rings. The average Bonchev–Trinajstić information content (AvgIpc) is 2.65. The van der Waals surface area contributed by atoms with Gasteiger partial charge in [0.2, 0.25) is 0 Å². The molecule has 4 amide bonds. The fourth-order valence-electron chi connectivity index (χ4n) is 2.55. The predicted octanol–water partition coefficient (Wildman–Crippen LogP) is 1.77. The van der Waals surface area contributed by atoms with Crippen molar-refractivity contribution in [2.24, 2.45) is 0 Å². The number of urea groups is 1. The van der Waals surface area contributed by atoms with E-state index in [4.69, 9.17) is 4.74 Å². The van der Waals surface area contributed by atoms with Gasteiger partial charge in [-0.15, -0.1) is 0 Å². The first-order chi connectivity index (χ1) is 12.9. The van der Waals surface area contributed by atoms with E-state index >= 15 is 0 Å². The summed E-state index contributed by atoms with van der Waals surface area (Å²) in [5.74, 6) is -1.67. The molecule has 0 aliphatic carbocycles. The molecule has 0 unspecified atom stereocenters. The first-order valence-corrected chi connectivity index (χ1v) is 7.93. The third-order valence-corrected chi connectivity index (χ3v) is 4.00. The number of hydrogen-bond donors (Lipinski definition) is 3. The molecular formula is C19H16N2O6. The lowest BCUT2D eigenvalue weighted by atomic mass is 10.1. The standard InChI is InChI=1S/C19H16N2O6/c1-27-13-5-2-11(3-6-13)10-21-18(25)14(17(24)20-19(21)26)8-12-4-7-15(22)16(23)9-12/h2-9,22-23H,10H2,1H3,(H,20,24,26)/b14-8+. The molecule has 0 radical (unpaired) electrons. The predicted molar refractivity (Wildman–Crippen MR) is 94.8 cm³/mol. The van der Waals surface area contributed by atoms with E-state index in [0.29, 0.717) is 16.9 Å². The van der Waals surface area contributed by atoms with Gasteiger partial charge >= 0.3 is 6.03 Å². The number of amides is 4. The highest BCUT2D eigenvalue weighted by Gasteiger charge is 2.35. The lowest BCUT2D eigenvalue weighted by Crippen LogP contribution is -2.53. The Morgan fingerprint density at radius 1 is 1.04 bits per heavy atom. The van der Waals surface area contributed by atoms with Gasteiger partial charge in [0.1, 0.15) is 11.3 Å². The summed E-state index contributed by atoms with van der Waals surface area (Å²) in [4.78, 5) is 37.7. The Labute approximate surface area is 154 Å². The quantitative estimate of drug-likeness (QED) is 0.430. The summed E-state index contributed by atoms with van der Waals surface area (Å²) in [7, 11) is 1.53. The number of carbonyl (C=O) groups is 3. The van der Waals surface area contributed by atoms with Gasteiger partial charge in [0.05, 0.1) is 13.7 Å². The Balaban J connectivity index is 1.88. The van der Waals surface area contributed by atoms with Crippen molar-refractivity contribution < 1.29 is 29.3 Å². The van der Waals surface area contributed by atoms with Crippen molar-refractivity contribution in [2.45, 2.75) is 6.54 Å². The summed E-state index contributed by atoms with van der Waals surface area (Å²) in [6, 6.07) is 9.85. The maximum atomic E-state index is 12.7. The van der Waals surface area contributed by atoms with E-state index < -0.39 is 17.8 Å². The number of imide groups is 2. The monoisotopic (exact) mass is 368 g/mol. The van der Waals surface area contributed by atoms with E-state index in [2.05, 4.69) is 5.32 Å². The second-order valence-electron chi connectivity index (χ2n) is 5.80. The fourth-order valence-corrected chi connectivity index (χ4v) is 2.55. The number of benzene rings is 2. The molecule has 0 aromatic heterocycles. The molecule has 27 heavy (non-hydrogen) atoms. The maximum absolute atomic E-state index is 12.7. The molecule has 0 saturated carbocycles. The second-order valence-corrected chi connectivity index (χ2v) is 5.80. The molecule has 1 heterocycles. The summed E-state index contributed by atoms with van der Waals surface area (Å²) in [6.07, 6.45) is 1.24. The topological polar surface area (TPSA) is 116 Å². The van der Waals surface area contributed by atoms with Crippen LogP contribution >= 0.6 is 0 Å². The van der Waals surface area contributed by atoms with Crippen molar-refractivity contribution in [2.75, 3.05) is 7.11 Å². The summed E-state index contributed by atoms with van der Waals surface area (Å²) in [5.41, 5.74) is 0.742. The molecule has 1 saturated heterocycles. The number of rotatable bonds is 4. The fraction of sp³-hybridized carbons (Fsp3) is 0.105. The van der Waals surface area contributed by atoms with Gasteiger partial charge in [0.15, 0.2) is 11.5 Å². The highest BCUT2D eigenvalue weighted by molar-refractivity contribution is 6.30. The third kappa shape index (κ3) is 3.74. The number of phenolic OH excluding ortho intramolecular Hbond substituents is 2. The molecule has 1 aliphatic heterocycles. The van der Waals surface area contributed by atoms with Gasteiger partial charge in [-0.1, -0.05) is 18.2 Å². The van der Waals surface area contributed by atoms with Crippen LogP contribution in [0.1, 0.15) is 11.1 Å². The molecule has 8 heteroatoms. The first kappa shape index (κ1) is 18.0. The largest absolute Gasteiger partial charge is 0.504 e. The number of nitrogens with zero attached hydrogens (tertiary/aromatic N) is 1. The lowest BCUT2D eigenvalue weighted by molar-refractivity contribution is -0.130. The van der Waals surface area contributed by atoms with E-state index in [1.54, 1.807) is 24.3 Å². The van der Waals surface area contributed by atoms with Crippen LogP contribution in [0.3, 0.4) is 0 Å². The number of methoxy groups -OCH3 is 1. The molecule has 3 N–H and O–H groups in total. The zero-order valence-electron chi connectivity index (χ0n) is 14.3. The molecule has 8 nitrogen and oxygen atoms in total. The van der Waals surface area contributed by atoms with Crippen LogP contribution in [0.4, 0.5) is 4.79 Å². The third-order valence-electron chi connectivity index (χ3n) is 4.00. The van der Waals surface area contributed by atoms with E-state index in [1.165, 1.54) is 31.4 Å². The molecule has 2 aromatic carbocycles. The minimum absolute atomic E-state index is 0.0277. The van der Waals surface area contributed by atoms with E-state index in [0.717, 1.165) is 4.90 Å². The number of ether oxygens (including phenoxy) is 1. The molecule has 0 atom stereocenters. The number of carbonyl (C=O) groups excluding carboxylic acids is 3. The van der Waals surface area contributed by atoms with Crippen LogP contribution < -0.4 is 10.1 Å². The summed E-state index contributed by atoms with van der Waals surface area (Å²) in [5, 5.41) is 21.0. The van der Waals surface area contributed by atoms with Gasteiger partial charge in [0, 0.05) is 0 Å². The number of barbiturate groups is 1. The Morgan fingerprint density at radius 2 is 1.74 bits per heavy atom. The normalized spacial score (nSPS) is 15.8. The van der Waals surface area contributed by atoms with Crippen molar-refractivity contribution in [3.63, 3.8) is 0 Å². The first-order valence-electron chi connectivity index (χ1n) is 7.93. The van der Waals surface area contributed by atoms with Crippen LogP contribution in [-0.2, 0) is 16.1 Å². The van der Waals surface area contributed by atoms with Gasteiger partial charge in [-0.25, -0.2) is 4.79 Å². The van der Waals surface area contributed by atoms with Crippen molar-refractivity contribution in [1.29, 1.82) is 0 Å². The minimum Gasteiger partial charge on any atom is -0.504 e. The van der Waals surface area contributed by atoms with E-state index in [9.17, 15) is 24.6 Å². The molecule has 3 rings (SSSR count). The van der Waals surface area contributed by atoms with Crippen LogP contribution in [0.5, 0.6) is 17.2 Å². The molecule has 1 fully saturated rings. The number of phenols is 2. The second kappa shape index (κ2) is 7.20. The van der Waals surface area contributed by atoms with E-state index in [1.807, 2.05) is 0 Å². The Kier molecular flexibility index (Phi) is 4.80. The molecule has 2 aromatic rings. The van der Waals surface area contributed by atoms with Crippen LogP contribution in [0.15, 0.2) is 48.0 Å².